The molecule has 2 amide bonds. The zero-order valence-corrected chi connectivity index (χ0v) is 19.2. The number of carbonyl (C=O) groups is 2. The lowest BCUT2D eigenvalue weighted by molar-refractivity contribution is -0.133. The molecule has 1 fully saturated rings. The third-order valence-electron chi connectivity index (χ3n) is 5.92. The molecule has 3 rings (SSSR count). The number of carbonyl (C=O) groups excluding carboxylic acids is 2. The van der Waals surface area contributed by atoms with Crippen LogP contribution in [0.1, 0.15) is 56.6 Å². The normalized spacial score (nSPS) is 14.1. The molecule has 1 N–H and O–H groups in total. The van der Waals surface area contributed by atoms with E-state index in [0.717, 1.165) is 35.5 Å². The minimum atomic E-state index is -0.134. The smallest absolute Gasteiger partial charge is 0.230 e. The summed E-state index contributed by atoms with van der Waals surface area (Å²) in [5, 5.41) is 2.95. The van der Waals surface area contributed by atoms with Crippen LogP contribution < -0.4 is 10.2 Å². The third-order valence-corrected chi connectivity index (χ3v) is 5.92. The van der Waals surface area contributed by atoms with Gasteiger partial charge in [0.25, 0.3) is 0 Å². The number of anilines is 2. The molecule has 1 aliphatic rings. The number of benzene rings is 2. The standard InChI is InChI=1S/C26H35N3O2/c1-5-23(20-10-8-7-9-11-20)26(31)29(17-19-12-13-19)18-21-16-22(27-25(30)6-2)14-15-24(21)28(3)4/h7-11,14-16,19,23H,5-6,12-13,17-18H2,1-4H3,(H,27,30)/t23-/m0/s1. The fourth-order valence-corrected chi connectivity index (χ4v) is 3.98. The molecule has 1 aliphatic carbocycles. The number of nitrogens with one attached hydrogen (secondary N) is 1. The van der Waals surface area contributed by atoms with E-state index in [1.165, 1.54) is 12.8 Å². The van der Waals surface area contributed by atoms with Gasteiger partial charge in [-0.2, -0.15) is 0 Å². The van der Waals surface area contributed by atoms with Gasteiger partial charge >= 0.3 is 0 Å². The zero-order valence-electron chi connectivity index (χ0n) is 19.2. The van der Waals surface area contributed by atoms with Gasteiger partial charge in [0.05, 0.1) is 5.92 Å². The Morgan fingerprint density at radius 2 is 1.77 bits per heavy atom. The molecule has 0 aliphatic heterocycles. The van der Waals surface area contributed by atoms with Crippen molar-refractivity contribution in [2.75, 3.05) is 30.9 Å². The van der Waals surface area contributed by atoms with Crippen LogP contribution in [0.5, 0.6) is 0 Å². The maximum atomic E-state index is 13.7. The van der Waals surface area contributed by atoms with E-state index < -0.39 is 0 Å². The Morgan fingerprint density at radius 3 is 2.35 bits per heavy atom. The van der Waals surface area contributed by atoms with Crippen molar-refractivity contribution in [3.05, 3.63) is 59.7 Å². The molecule has 0 saturated heterocycles. The third kappa shape index (κ3) is 6.09. The summed E-state index contributed by atoms with van der Waals surface area (Å²) in [6.45, 7) is 5.26. The van der Waals surface area contributed by atoms with Crippen molar-refractivity contribution in [3.8, 4) is 0 Å². The quantitative estimate of drug-likeness (QED) is 0.585. The number of hydrogen-bond acceptors (Lipinski definition) is 3. The first kappa shape index (κ1) is 22.9. The van der Waals surface area contributed by atoms with Gasteiger partial charge in [0.2, 0.25) is 11.8 Å². The summed E-state index contributed by atoms with van der Waals surface area (Å²) in [5.74, 6) is 0.645. The van der Waals surface area contributed by atoms with Gasteiger partial charge in [-0.1, -0.05) is 44.2 Å². The Labute approximate surface area is 186 Å². The van der Waals surface area contributed by atoms with Crippen LogP contribution >= 0.6 is 0 Å². The van der Waals surface area contributed by atoms with E-state index in [1.807, 2.05) is 74.4 Å². The Balaban J connectivity index is 1.89. The number of amides is 2. The molecule has 5 heteroatoms. The number of nitrogens with zero attached hydrogens (tertiary/aromatic N) is 2. The summed E-state index contributed by atoms with van der Waals surface area (Å²) < 4.78 is 0. The topological polar surface area (TPSA) is 52.7 Å². The maximum Gasteiger partial charge on any atom is 0.230 e. The van der Waals surface area contributed by atoms with Gasteiger partial charge in [0.15, 0.2) is 0 Å². The van der Waals surface area contributed by atoms with Crippen molar-refractivity contribution >= 4 is 23.2 Å². The van der Waals surface area contributed by atoms with Gasteiger partial charge in [-0.05, 0) is 54.5 Å². The molecule has 0 bridgehead atoms. The molecular weight excluding hydrogens is 386 g/mol. The largest absolute Gasteiger partial charge is 0.377 e. The first-order chi connectivity index (χ1) is 14.9. The Morgan fingerprint density at radius 1 is 1.06 bits per heavy atom. The van der Waals surface area contributed by atoms with E-state index in [4.69, 9.17) is 0 Å². The molecule has 0 unspecified atom stereocenters. The first-order valence-corrected chi connectivity index (χ1v) is 11.4. The molecule has 166 valence electrons. The molecule has 2 aromatic carbocycles. The van der Waals surface area contributed by atoms with Crippen molar-refractivity contribution in [2.45, 2.75) is 52.0 Å². The Kier molecular flexibility index (Phi) is 7.72. The van der Waals surface area contributed by atoms with Gasteiger partial charge in [-0.15, -0.1) is 0 Å². The molecule has 5 nitrogen and oxygen atoms in total. The SMILES string of the molecule is CCC(=O)Nc1ccc(N(C)C)c(CN(CC2CC2)C(=O)[C@@H](CC)c2ccccc2)c1. The van der Waals surface area contributed by atoms with Crippen LogP contribution in [0.25, 0.3) is 0 Å². The number of rotatable bonds is 10. The van der Waals surface area contributed by atoms with Crippen molar-refractivity contribution in [3.63, 3.8) is 0 Å². The van der Waals surface area contributed by atoms with Crippen LogP contribution in [0.2, 0.25) is 0 Å². The second-order valence-corrected chi connectivity index (χ2v) is 8.67. The van der Waals surface area contributed by atoms with Crippen molar-refractivity contribution in [1.82, 2.24) is 4.90 Å². The van der Waals surface area contributed by atoms with E-state index in [9.17, 15) is 9.59 Å². The lowest BCUT2D eigenvalue weighted by atomic mass is 9.94. The summed E-state index contributed by atoms with van der Waals surface area (Å²) in [6.07, 6.45) is 3.60. The molecule has 0 spiro atoms. The molecule has 2 aromatic rings. The highest BCUT2D eigenvalue weighted by Crippen LogP contribution is 2.33. The summed E-state index contributed by atoms with van der Waals surface area (Å²) in [4.78, 5) is 29.7. The first-order valence-electron chi connectivity index (χ1n) is 11.4. The fraction of sp³-hybridized carbons (Fsp3) is 0.462. The zero-order chi connectivity index (χ0) is 22.4. The Bertz CT molecular complexity index is 891. The van der Waals surface area contributed by atoms with Crippen LogP contribution in [-0.2, 0) is 16.1 Å². The summed E-state index contributed by atoms with van der Waals surface area (Å²) >= 11 is 0. The van der Waals surface area contributed by atoms with E-state index in [2.05, 4.69) is 17.1 Å². The van der Waals surface area contributed by atoms with E-state index >= 15 is 0 Å². The Hall–Kier alpha value is -2.82. The predicted molar refractivity (Wildman–Crippen MR) is 127 cm³/mol. The number of hydrogen-bond donors (Lipinski definition) is 1. The molecule has 1 saturated carbocycles. The monoisotopic (exact) mass is 421 g/mol. The molecule has 0 heterocycles. The molecular formula is C26H35N3O2. The van der Waals surface area contributed by atoms with Crippen LogP contribution in [-0.4, -0.2) is 37.4 Å². The highest BCUT2D eigenvalue weighted by atomic mass is 16.2. The molecule has 1 atom stereocenters. The molecule has 31 heavy (non-hydrogen) atoms. The maximum absolute atomic E-state index is 13.7. The molecule has 0 radical (unpaired) electrons. The van der Waals surface area contributed by atoms with Crippen LogP contribution in [0, 0.1) is 5.92 Å². The molecule has 0 aromatic heterocycles. The minimum Gasteiger partial charge on any atom is -0.377 e. The van der Waals surface area contributed by atoms with Crippen LogP contribution in [0.3, 0.4) is 0 Å². The minimum absolute atomic E-state index is 0.00964. The van der Waals surface area contributed by atoms with Crippen LogP contribution in [0.4, 0.5) is 11.4 Å². The summed E-state index contributed by atoms with van der Waals surface area (Å²) in [5.41, 5.74) is 3.97. The van der Waals surface area contributed by atoms with Gasteiger partial charge in [-0.3, -0.25) is 9.59 Å². The van der Waals surface area contributed by atoms with E-state index in [1.54, 1.807) is 0 Å². The van der Waals surface area contributed by atoms with Gasteiger partial charge in [0, 0.05) is 45.0 Å². The second kappa shape index (κ2) is 10.5. The van der Waals surface area contributed by atoms with Crippen molar-refractivity contribution < 1.29 is 9.59 Å². The van der Waals surface area contributed by atoms with Crippen molar-refractivity contribution in [1.29, 1.82) is 0 Å². The van der Waals surface area contributed by atoms with Gasteiger partial charge in [-0.25, -0.2) is 0 Å². The van der Waals surface area contributed by atoms with Gasteiger partial charge in [0.1, 0.15) is 0 Å². The lowest BCUT2D eigenvalue weighted by Gasteiger charge is -2.29. The highest BCUT2D eigenvalue weighted by molar-refractivity contribution is 5.91. The second-order valence-electron chi connectivity index (χ2n) is 8.67. The van der Waals surface area contributed by atoms with E-state index in [-0.39, 0.29) is 17.7 Å². The summed E-state index contributed by atoms with van der Waals surface area (Å²) in [7, 11) is 4.02. The fourth-order valence-electron chi connectivity index (χ4n) is 3.98. The predicted octanol–water partition coefficient (Wildman–Crippen LogP) is 5.03. The summed E-state index contributed by atoms with van der Waals surface area (Å²) in [6, 6.07) is 16.1. The average Bonchev–Trinajstić information content (AvgIpc) is 3.58. The lowest BCUT2D eigenvalue weighted by Crippen LogP contribution is -2.36. The average molecular weight is 422 g/mol. The van der Waals surface area contributed by atoms with E-state index in [0.29, 0.717) is 18.9 Å². The highest BCUT2D eigenvalue weighted by Gasteiger charge is 2.31. The van der Waals surface area contributed by atoms with Crippen LogP contribution in [0.15, 0.2) is 48.5 Å². The van der Waals surface area contributed by atoms with Crippen molar-refractivity contribution in [2.24, 2.45) is 5.92 Å². The van der Waals surface area contributed by atoms with Gasteiger partial charge < -0.3 is 15.1 Å².